The molecule has 10 heteroatoms. The molecule has 222 valence electrons. The SMILES string of the molecule is O=C(OC[C@H]1CCC[C@@H](c2cccc(F)c2)N1S(=O)(=O)c1ccc(Cl)cc1)N1CCC(N2CCC3(CC2)CC3)CC1. The predicted octanol–water partition coefficient (Wildman–Crippen LogP) is 6.24. The van der Waals surface area contributed by atoms with Crippen LogP contribution in [0, 0.1) is 11.2 Å². The van der Waals surface area contributed by atoms with Crippen LogP contribution in [0.15, 0.2) is 53.4 Å². The van der Waals surface area contributed by atoms with Crippen LogP contribution in [0.2, 0.25) is 5.02 Å². The maximum Gasteiger partial charge on any atom is 0.409 e. The summed E-state index contributed by atoms with van der Waals surface area (Å²) in [5.41, 5.74) is 1.24. The fraction of sp³-hybridized carbons (Fsp3) is 0.581. The topological polar surface area (TPSA) is 70.2 Å². The molecule has 2 aromatic rings. The molecule has 1 amide bonds. The Bertz CT molecular complexity index is 1340. The van der Waals surface area contributed by atoms with Crippen LogP contribution in [-0.2, 0) is 14.8 Å². The average molecular weight is 604 g/mol. The van der Waals surface area contributed by atoms with Gasteiger partial charge in [0.25, 0.3) is 0 Å². The van der Waals surface area contributed by atoms with Gasteiger partial charge in [0.1, 0.15) is 12.4 Å². The lowest BCUT2D eigenvalue weighted by atomic mass is 9.91. The first-order valence-corrected chi connectivity index (χ1v) is 16.8. The number of benzene rings is 2. The molecule has 3 saturated heterocycles. The van der Waals surface area contributed by atoms with E-state index >= 15 is 0 Å². The van der Waals surface area contributed by atoms with E-state index in [2.05, 4.69) is 4.90 Å². The van der Waals surface area contributed by atoms with Crippen LogP contribution in [0.1, 0.15) is 69.4 Å². The molecule has 1 aliphatic carbocycles. The molecule has 1 saturated carbocycles. The standard InChI is InChI=1S/C31H39ClFN3O4S/c32-24-7-9-28(10-8-24)41(38,39)36-27(5-2-6-29(36)23-3-1-4-25(33)21-23)22-40-30(37)35-17-11-26(12-18-35)34-19-15-31(13-14-31)16-20-34/h1,3-4,7-10,21,26-27,29H,2,5-6,11-20,22H2/t27-,29+/m1/s1. The minimum atomic E-state index is -3.99. The van der Waals surface area contributed by atoms with Crippen molar-refractivity contribution in [2.24, 2.45) is 5.41 Å². The molecule has 3 aliphatic heterocycles. The largest absolute Gasteiger partial charge is 0.448 e. The number of nitrogens with zero attached hydrogens (tertiary/aromatic N) is 3. The Labute approximate surface area is 247 Å². The molecule has 0 aromatic heterocycles. The number of rotatable bonds is 6. The second-order valence-corrected chi connectivity index (χ2v) is 14.6. The van der Waals surface area contributed by atoms with Crippen LogP contribution < -0.4 is 0 Å². The highest BCUT2D eigenvalue weighted by molar-refractivity contribution is 7.89. The normalized spacial score (nSPS) is 25.8. The number of ether oxygens (including phenoxy) is 1. The molecule has 4 aliphatic rings. The molecule has 1 spiro atoms. The van der Waals surface area contributed by atoms with Crippen molar-refractivity contribution in [3.63, 3.8) is 0 Å². The molecule has 7 nitrogen and oxygen atoms in total. The van der Waals surface area contributed by atoms with Crippen molar-refractivity contribution in [2.45, 2.75) is 80.8 Å². The Morgan fingerprint density at radius 3 is 2.32 bits per heavy atom. The third kappa shape index (κ3) is 6.28. The lowest BCUT2D eigenvalue weighted by Gasteiger charge is -2.42. The van der Waals surface area contributed by atoms with Gasteiger partial charge in [-0.25, -0.2) is 17.6 Å². The number of carbonyl (C=O) groups excluding carboxylic acids is 1. The minimum absolute atomic E-state index is 0.0500. The molecule has 6 rings (SSSR count). The number of sulfonamides is 1. The van der Waals surface area contributed by atoms with Gasteiger partial charge in [-0.2, -0.15) is 4.31 Å². The highest BCUT2D eigenvalue weighted by atomic mass is 35.5. The van der Waals surface area contributed by atoms with Crippen molar-refractivity contribution >= 4 is 27.7 Å². The van der Waals surface area contributed by atoms with Crippen molar-refractivity contribution in [1.82, 2.24) is 14.1 Å². The van der Waals surface area contributed by atoms with Crippen LogP contribution in [0.4, 0.5) is 9.18 Å². The summed E-state index contributed by atoms with van der Waals surface area (Å²) >= 11 is 6.03. The lowest BCUT2D eigenvalue weighted by molar-refractivity contribution is 0.0408. The van der Waals surface area contributed by atoms with Crippen molar-refractivity contribution in [3.8, 4) is 0 Å². The molecule has 2 aromatic carbocycles. The second-order valence-electron chi connectivity index (χ2n) is 12.3. The maximum atomic E-state index is 14.2. The number of carbonyl (C=O) groups is 1. The van der Waals surface area contributed by atoms with Gasteiger partial charge in [0, 0.05) is 24.2 Å². The van der Waals surface area contributed by atoms with Crippen LogP contribution in [-0.4, -0.2) is 73.5 Å². The van der Waals surface area contributed by atoms with Gasteiger partial charge in [0.05, 0.1) is 17.0 Å². The monoisotopic (exact) mass is 603 g/mol. The highest BCUT2D eigenvalue weighted by Gasteiger charge is 2.46. The van der Waals surface area contributed by atoms with E-state index in [9.17, 15) is 17.6 Å². The Hall–Kier alpha value is -2.20. The maximum absolute atomic E-state index is 14.2. The second kappa shape index (κ2) is 11.8. The summed E-state index contributed by atoms with van der Waals surface area (Å²) in [5, 5.41) is 0.436. The number of likely N-dealkylation sites (tertiary alicyclic amines) is 2. The zero-order valence-corrected chi connectivity index (χ0v) is 25.0. The summed E-state index contributed by atoms with van der Waals surface area (Å²) in [6.07, 6.45) is 8.71. The van der Waals surface area contributed by atoms with Gasteiger partial charge in [0.2, 0.25) is 10.0 Å². The summed E-state index contributed by atoms with van der Waals surface area (Å²) in [5.74, 6) is -0.417. The van der Waals surface area contributed by atoms with Crippen LogP contribution in [0.3, 0.4) is 0 Å². The van der Waals surface area contributed by atoms with Gasteiger partial charge in [-0.1, -0.05) is 23.7 Å². The van der Waals surface area contributed by atoms with E-state index in [0.717, 1.165) is 19.3 Å². The molecule has 2 atom stereocenters. The Kier molecular flexibility index (Phi) is 8.33. The van der Waals surface area contributed by atoms with Crippen LogP contribution >= 0.6 is 11.6 Å². The fourth-order valence-corrected chi connectivity index (χ4v) is 9.02. The highest BCUT2D eigenvalue weighted by Crippen LogP contribution is 2.54. The summed E-state index contributed by atoms with van der Waals surface area (Å²) in [6, 6.07) is 11.5. The quantitative estimate of drug-likeness (QED) is 0.391. The van der Waals surface area contributed by atoms with Gasteiger partial charge in [-0.15, -0.1) is 0 Å². The number of hydrogen-bond donors (Lipinski definition) is 0. The molecule has 0 N–H and O–H groups in total. The van der Waals surface area contributed by atoms with Gasteiger partial charge < -0.3 is 14.5 Å². The average Bonchev–Trinajstić information content (AvgIpc) is 3.74. The Morgan fingerprint density at radius 1 is 0.951 bits per heavy atom. The molecule has 41 heavy (non-hydrogen) atoms. The summed E-state index contributed by atoms with van der Waals surface area (Å²) < 4.78 is 49.4. The van der Waals surface area contributed by atoms with E-state index in [4.69, 9.17) is 16.3 Å². The van der Waals surface area contributed by atoms with E-state index in [-0.39, 0.29) is 11.5 Å². The Morgan fingerprint density at radius 2 is 1.66 bits per heavy atom. The molecule has 4 fully saturated rings. The minimum Gasteiger partial charge on any atom is -0.448 e. The van der Waals surface area contributed by atoms with E-state index in [1.54, 1.807) is 29.2 Å². The molecule has 0 bridgehead atoms. The van der Waals surface area contributed by atoms with Crippen molar-refractivity contribution < 1.29 is 22.3 Å². The smallest absolute Gasteiger partial charge is 0.409 e. The van der Waals surface area contributed by atoms with Gasteiger partial charge in [0.15, 0.2) is 0 Å². The van der Waals surface area contributed by atoms with Crippen molar-refractivity contribution in [2.75, 3.05) is 32.8 Å². The molecule has 3 heterocycles. The number of halogens is 2. The third-order valence-electron chi connectivity index (χ3n) is 9.76. The lowest BCUT2D eigenvalue weighted by Crippen LogP contribution is -2.51. The predicted molar refractivity (Wildman–Crippen MR) is 156 cm³/mol. The van der Waals surface area contributed by atoms with Crippen molar-refractivity contribution in [3.05, 3.63) is 64.9 Å². The Balaban J connectivity index is 1.12. The zero-order chi connectivity index (χ0) is 28.6. The van der Waals surface area contributed by atoms with Gasteiger partial charge >= 0.3 is 6.09 Å². The number of amides is 1. The molecule has 0 radical (unpaired) electrons. The fourth-order valence-electron chi connectivity index (χ4n) is 7.04. The first kappa shape index (κ1) is 28.9. The summed E-state index contributed by atoms with van der Waals surface area (Å²) in [7, 11) is -3.99. The van der Waals surface area contributed by atoms with Gasteiger partial charge in [-0.05, 0) is 118 Å². The van der Waals surface area contributed by atoms with Crippen LogP contribution in [0.25, 0.3) is 0 Å². The van der Waals surface area contributed by atoms with Crippen LogP contribution in [0.5, 0.6) is 0 Å². The first-order chi connectivity index (χ1) is 19.7. The first-order valence-electron chi connectivity index (χ1n) is 14.9. The molecular formula is C31H39ClFN3O4S. The molecular weight excluding hydrogens is 565 g/mol. The van der Waals surface area contributed by atoms with E-state index in [1.165, 1.54) is 67.3 Å². The van der Waals surface area contributed by atoms with E-state index < -0.39 is 34.0 Å². The summed E-state index contributed by atoms with van der Waals surface area (Å²) in [6.45, 7) is 3.58. The molecule has 0 unspecified atom stereocenters. The van der Waals surface area contributed by atoms with Gasteiger partial charge in [-0.3, -0.25) is 0 Å². The van der Waals surface area contributed by atoms with Crippen molar-refractivity contribution in [1.29, 1.82) is 0 Å². The van der Waals surface area contributed by atoms with E-state index in [0.29, 0.717) is 48.0 Å². The van der Waals surface area contributed by atoms with E-state index in [1.807, 2.05) is 0 Å². The zero-order valence-electron chi connectivity index (χ0n) is 23.4. The third-order valence-corrected chi connectivity index (χ3v) is 12.0. The number of piperidine rings is 3. The summed E-state index contributed by atoms with van der Waals surface area (Å²) in [4.78, 5) is 17.6. The number of hydrogen-bond acceptors (Lipinski definition) is 5.